The maximum Gasteiger partial charge on any atom is 0.272 e. The maximum absolute atomic E-state index is 12.8. The van der Waals surface area contributed by atoms with Crippen LogP contribution in [-0.4, -0.2) is 39.0 Å². The number of benzene rings is 2. The lowest BCUT2D eigenvalue weighted by Gasteiger charge is -2.18. The van der Waals surface area contributed by atoms with Crippen LogP contribution in [0.5, 0.6) is 5.75 Å². The first-order chi connectivity index (χ1) is 16.7. The number of unbranched alkanes of at least 4 members (excludes halogenated alkanes) is 1. The van der Waals surface area contributed by atoms with E-state index in [0.717, 1.165) is 54.0 Å². The number of para-hydroxylation sites is 3. The van der Waals surface area contributed by atoms with Crippen LogP contribution >= 0.6 is 0 Å². The van der Waals surface area contributed by atoms with Gasteiger partial charge in [-0.1, -0.05) is 42.5 Å². The first kappa shape index (κ1) is 23.2. The number of hydrogen-bond donors (Lipinski definition) is 0. The van der Waals surface area contributed by atoms with Crippen molar-refractivity contribution in [3.63, 3.8) is 0 Å². The van der Waals surface area contributed by atoms with Gasteiger partial charge in [-0.05, 0) is 55.2 Å². The van der Waals surface area contributed by atoms with Crippen LogP contribution in [0.4, 0.5) is 0 Å². The van der Waals surface area contributed by atoms with E-state index in [-0.39, 0.29) is 5.91 Å². The molecular formula is C28H30N4O2. The van der Waals surface area contributed by atoms with Crippen molar-refractivity contribution in [3.8, 4) is 5.75 Å². The van der Waals surface area contributed by atoms with Crippen LogP contribution in [-0.2, 0) is 19.5 Å². The number of amides is 1. The van der Waals surface area contributed by atoms with E-state index in [1.54, 1.807) is 30.3 Å². The largest absolute Gasteiger partial charge is 0.493 e. The zero-order chi connectivity index (χ0) is 23.8. The molecule has 0 saturated heterocycles. The molecule has 0 unspecified atom stereocenters. The standard InChI is InChI=1S/C28H30N4O2/c1-3-12-22-13-4-7-17-26(22)34-20-11-10-19-32-25-16-6-5-14-23(25)30-27(32)21-31(2)28(33)24-15-8-9-18-29-24/h3-9,13-18H,1,10-12,19-21H2,2H3. The zero-order valence-electron chi connectivity index (χ0n) is 19.6. The highest BCUT2D eigenvalue weighted by Gasteiger charge is 2.17. The zero-order valence-corrected chi connectivity index (χ0v) is 19.6. The minimum absolute atomic E-state index is 0.120. The molecule has 0 bridgehead atoms. The number of nitrogens with zero attached hydrogens (tertiary/aromatic N) is 4. The monoisotopic (exact) mass is 454 g/mol. The summed E-state index contributed by atoms with van der Waals surface area (Å²) >= 11 is 0. The summed E-state index contributed by atoms with van der Waals surface area (Å²) in [6.45, 7) is 5.69. The highest BCUT2D eigenvalue weighted by molar-refractivity contribution is 5.92. The van der Waals surface area contributed by atoms with Crippen molar-refractivity contribution in [3.05, 3.63) is 103 Å². The molecule has 0 radical (unpaired) electrons. The maximum atomic E-state index is 12.8. The Hall–Kier alpha value is -3.93. The lowest BCUT2D eigenvalue weighted by atomic mass is 10.1. The Bertz CT molecular complexity index is 1250. The fourth-order valence-corrected chi connectivity index (χ4v) is 3.99. The highest BCUT2D eigenvalue weighted by atomic mass is 16.5. The van der Waals surface area contributed by atoms with Crippen molar-refractivity contribution >= 4 is 16.9 Å². The van der Waals surface area contributed by atoms with Crippen molar-refractivity contribution in [2.24, 2.45) is 0 Å². The van der Waals surface area contributed by atoms with Crippen LogP contribution < -0.4 is 4.74 Å². The van der Waals surface area contributed by atoms with Gasteiger partial charge in [0.05, 0.1) is 24.2 Å². The smallest absolute Gasteiger partial charge is 0.272 e. The van der Waals surface area contributed by atoms with E-state index in [9.17, 15) is 4.79 Å². The molecule has 34 heavy (non-hydrogen) atoms. The van der Waals surface area contributed by atoms with Crippen molar-refractivity contribution in [2.75, 3.05) is 13.7 Å². The summed E-state index contributed by atoms with van der Waals surface area (Å²) in [5.74, 6) is 1.67. The average molecular weight is 455 g/mol. The number of pyridine rings is 1. The first-order valence-corrected chi connectivity index (χ1v) is 11.6. The van der Waals surface area contributed by atoms with Crippen molar-refractivity contribution in [1.82, 2.24) is 19.4 Å². The lowest BCUT2D eigenvalue weighted by Crippen LogP contribution is -2.28. The normalized spacial score (nSPS) is 10.9. The number of carbonyl (C=O) groups is 1. The first-order valence-electron chi connectivity index (χ1n) is 11.6. The van der Waals surface area contributed by atoms with Gasteiger partial charge in [0.1, 0.15) is 17.3 Å². The number of fused-ring (bicyclic) bond motifs is 1. The average Bonchev–Trinajstić information content (AvgIpc) is 3.21. The second-order valence-corrected chi connectivity index (χ2v) is 8.20. The van der Waals surface area contributed by atoms with Crippen molar-refractivity contribution in [1.29, 1.82) is 0 Å². The van der Waals surface area contributed by atoms with Gasteiger partial charge in [-0.15, -0.1) is 6.58 Å². The van der Waals surface area contributed by atoms with E-state index in [1.807, 2.05) is 48.5 Å². The summed E-state index contributed by atoms with van der Waals surface area (Å²) in [5.41, 5.74) is 3.60. The third-order valence-corrected chi connectivity index (χ3v) is 5.71. The number of ether oxygens (including phenoxy) is 1. The summed E-state index contributed by atoms with van der Waals surface area (Å²) < 4.78 is 8.25. The number of carbonyl (C=O) groups excluding carboxylic acids is 1. The van der Waals surface area contributed by atoms with Crippen LogP contribution in [0.15, 0.2) is 85.6 Å². The predicted molar refractivity (Wildman–Crippen MR) is 135 cm³/mol. The molecule has 4 rings (SSSR count). The van der Waals surface area contributed by atoms with E-state index in [4.69, 9.17) is 9.72 Å². The molecule has 4 aromatic rings. The second-order valence-electron chi connectivity index (χ2n) is 8.20. The second kappa shape index (κ2) is 11.3. The fourth-order valence-electron chi connectivity index (χ4n) is 3.99. The molecule has 1 amide bonds. The van der Waals surface area contributed by atoms with Gasteiger partial charge in [-0.25, -0.2) is 4.98 Å². The molecule has 0 aliphatic heterocycles. The number of rotatable bonds is 11. The molecule has 0 aliphatic carbocycles. The summed E-state index contributed by atoms with van der Waals surface area (Å²) in [7, 11) is 1.79. The molecular weight excluding hydrogens is 424 g/mol. The molecule has 2 aromatic heterocycles. The Morgan fingerprint density at radius 3 is 2.68 bits per heavy atom. The Morgan fingerprint density at radius 2 is 1.85 bits per heavy atom. The highest BCUT2D eigenvalue weighted by Crippen LogP contribution is 2.21. The van der Waals surface area contributed by atoms with Crippen LogP contribution in [0.2, 0.25) is 0 Å². The molecule has 6 nitrogen and oxygen atoms in total. The van der Waals surface area contributed by atoms with Gasteiger partial charge in [0.25, 0.3) is 5.91 Å². The van der Waals surface area contributed by atoms with E-state index >= 15 is 0 Å². The Labute approximate surface area is 200 Å². The van der Waals surface area contributed by atoms with Crippen molar-refractivity contribution < 1.29 is 9.53 Å². The van der Waals surface area contributed by atoms with E-state index < -0.39 is 0 Å². The Morgan fingerprint density at radius 1 is 1.06 bits per heavy atom. The number of allylic oxidation sites excluding steroid dienone is 1. The molecule has 0 saturated carbocycles. The number of aryl methyl sites for hydroxylation is 1. The molecule has 0 fully saturated rings. The minimum Gasteiger partial charge on any atom is -0.493 e. The number of aromatic nitrogens is 3. The van der Waals surface area contributed by atoms with Gasteiger partial charge < -0.3 is 14.2 Å². The number of hydrogen-bond acceptors (Lipinski definition) is 4. The van der Waals surface area contributed by atoms with E-state index in [0.29, 0.717) is 18.8 Å². The van der Waals surface area contributed by atoms with Gasteiger partial charge in [0.2, 0.25) is 0 Å². The van der Waals surface area contributed by atoms with Gasteiger partial charge in [0, 0.05) is 19.8 Å². The third-order valence-electron chi connectivity index (χ3n) is 5.71. The molecule has 0 aliphatic rings. The Balaban J connectivity index is 1.40. The summed E-state index contributed by atoms with van der Waals surface area (Å²) in [5, 5.41) is 0. The minimum atomic E-state index is -0.120. The van der Waals surface area contributed by atoms with Crippen LogP contribution in [0.3, 0.4) is 0 Å². The lowest BCUT2D eigenvalue weighted by molar-refractivity contribution is 0.0774. The molecule has 0 N–H and O–H groups in total. The molecule has 2 heterocycles. The van der Waals surface area contributed by atoms with Crippen LogP contribution in [0, 0.1) is 0 Å². The third kappa shape index (κ3) is 5.52. The number of imidazole rings is 1. The molecule has 6 heteroatoms. The van der Waals surface area contributed by atoms with Gasteiger partial charge in [0.15, 0.2) is 0 Å². The molecule has 0 atom stereocenters. The predicted octanol–water partition coefficient (Wildman–Crippen LogP) is 5.29. The summed E-state index contributed by atoms with van der Waals surface area (Å²) in [4.78, 5) is 23.5. The fraction of sp³-hybridized carbons (Fsp3) is 0.250. The molecule has 0 spiro atoms. The SMILES string of the molecule is C=CCc1ccccc1OCCCCn1c(CN(C)C(=O)c2ccccn2)nc2ccccc21. The molecule has 2 aromatic carbocycles. The van der Waals surface area contributed by atoms with Crippen LogP contribution in [0.25, 0.3) is 11.0 Å². The van der Waals surface area contributed by atoms with Crippen LogP contribution in [0.1, 0.15) is 34.7 Å². The summed E-state index contributed by atoms with van der Waals surface area (Å²) in [6, 6.07) is 21.5. The van der Waals surface area contributed by atoms with Gasteiger partial charge in [-0.2, -0.15) is 0 Å². The van der Waals surface area contributed by atoms with Gasteiger partial charge >= 0.3 is 0 Å². The van der Waals surface area contributed by atoms with Crippen molar-refractivity contribution in [2.45, 2.75) is 32.4 Å². The molecule has 174 valence electrons. The quantitative estimate of drug-likeness (QED) is 0.228. The Kier molecular flexibility index (Phi) is 7.71. The van der Waals surface area contributed by atoms with E-state index in [1.165, 1.54) is 0 Å². The topological polar surface area (TPSA) is 60.2 Å². The summed E-state index contributed by atoms with van der Waals surface area (Å²) in [6.07, 6.45) is 6.18. The van der Waals surface area contributed by atoms with E-state index in [2.05, 4.69) is 28.3 Å². The van der Waals surface area contributed by atoms with Gasteiger partial charge in [-0.3, -0.25) is 9.78 Å².